The molecule has 0 N–H and O–H groups in total. The molecule has 0 aliphatic rings. The number of nitrogens with zero attached hydrogens (tertiary/aromatic N) is 1. The van der Waals surface area contributed by atoms with E-state index in [-0.39, 0.29) is 12.6 Å². The number of rotatable bonds is 5. The first kappa shape index (κ1) is 12.7. The van der Waals surface area contributed by atoms with Crippen LogP contribution in [0.3, 0.4) is 0 Å². The Labute approximate surface area is 109 Å². The molecule has 1 aromatic carbocycles. The third-order valence-electron chi connectivity index (χ3n) is 2.37. The summed E-state index contributed by atoms with van der Waals surface area (Å²) in [6.45, 7) is 0.649. The molecule has 2 rings (SSSR count). The third kappa shape index (κ3) is 3.15. The second kappa shape index (κ2) is 6.28. The van der Waals surface area contributed by atoms with E-state index in [0.29, 0.717) is 12.2 Å². The van der Waals surface area contributed by atoms with Gasteiger partial charge < -0.3 is 9.47 Å². The van der Waals surface area contributed by atoms with Crippen molar-refractivity contribution < 1.29 is 14.3 Å². The molecule has 1 heterocycles. The molecule has 5 heteroatoms. The maximum atomic E-state index is 11.9. The Morgan fingerprint density at radius 3 is 2.89 bits per heavy atom. The van der Waals surface area contributed by atoms with E-state index in [2.05, 4.69) is 4.98 Å². The SMILES string of the molecule is COCc1ccccc1C(=O)OCc1cncs1. The molecule has 1 aromatic heterocycles. The topological polar surface area (TPSA) is 48.4 Å². The molecule has 0 saturated heterocycles. The van der Waals surface area contributed by atoms with Crippen LogP contribution in [-0.2, 0) is 22.7 Å². The Balaban J connectivity index is 2.04. The van der Waals surface area contributed by atoms with Crippen molar-refractivity contribution in [1.82, 2.24) is 4.98 Å². The van der Waals surface area contributed by atoms with Gasteiger partial charge in [-0.15, -0.1) is 11.3 Å². The highest BCUT2D eigenvalue weighted by Crippen LogP contribution is 2.13. The number of hydrogen-bond donors (Lipinski definition) is 0. The van der Waals surface area contributed by atoms with Crippen LogP contribution >= 0.6 is 11.3 Å². The molecule has 94 valence electrons. The van der Waals surface area contributed by atoms with Crippen LogP contribution in [0.5, 0.6) is 0 Å². The summed E-state index contributed by atoms with van der Waals surface area (Å²) in [7, 11) is 1.60. The lowest BCUT2D eigenvalue weighted by Gasteiger charge is -2.08. The van der Waals surface area contributed by atoms with Gasteiger partial charge in [0.2, 0.25) is 0 Å². The fraction of sp³-hybridized carbons (Fsp3) is 0.231. The van der Waals surface area contributed by atoms with Crippen molar-refractivity contribution in [2.45, 2.75) is 13.2 Å². The van der Waals surface area contributed by atoms with Crippen LogP contribution in [0.1, 0.15) is 20.8 Å². The summed E-state index contributed by atoms with van der Waals surface area (Å²) in [5.41, 5.74) is 3.08. The van der Waals surface area contributed by atoms with E-state index in [1.54, 1.807) is 24.9 Å². The first-order valence-corrected chi connectivity index (χ1v) is 6.30. The molecule has 0 aliphatic carbocycles. The molecule has 2 aromatic rings. The van der Waals surface area contributed by atoms with E-state index in [0.717, 1.165) is 10.4 Å². The summed E-state index contributed by atoms with van der Waals surface area (Å²) in [5.74, 6) is -0.337. The monoisotopic (exact) mass is 263 g/mol. The quantitative estimate of drug-likeness (QED) is 0.778. The Morgan fingerprint density at radius 2 is 2.17 bits per heavy atom. The molecule has 0 radical (unpaired) electrons. The Bertz CT molecular complexity index is 511. The largest absolute Gasteiger partial charge is 0.456 e. The van der Waals surface area contributed by atoms with E-state index >= 15 is 0 Å². The maximum absolute atomic E-state index is 11.9. The average Bonchev–Trinajstić information content (AvgIpc) is 2.90. The van der Waals surface area contributed by atoms with Gasteiger partial charge in [-0.2, -0.15) is 0 Å². The van der Waals surface area contributed by atoms with Crippen molar-refractivity contribution in [2.75, 3.05) is 7.11 Å². The molecule has 4 nitrogen and oxygen atoms in total. The van der Waals surface area contributed by atoms with Gasteiger partial charge >= 0.3 is 5.97 Å². The Kier molecular flexibility index (Phi) is 4.44. The smallest absolute Gasteiger partial charge is 0.338 e. The van der Waals surface area contributed by atoms with Crippen molar-refractivity contribution in [2.24, 2.45) is 0 Å². The lowest BCUT2D eigenvalue weighted by atomic mass is 10.1. The molecule has 0 fully saturated rings. The number of thiazole rings is 1. The maximum Gasteiger partial charge on any atom is 0.338 e. The number of benzene rings is 1. The first-order valence-electron chi connectivity index (χ1n) is 5.42. The third-order valence-corrected chi connectivity index (χ3v) is 3.12. The van der Waals surface area contributed by atoms with Crippen LogP contribution in [0.2, 0.25) is 0 Å². The zero-order valence-electron chi connectivity index (χ0n) is 9.96. The molecular weight excluding hydrogens is 250 g/mol. The van der Waals surface area contributed by atoms with Crippen molar-refractivity contribution in [3.8, 4) is 0 Å². The van der Waals surface area contributed by atoms with Gasteiger partial charge in [-0.05, 0) is 11.6 Å². The van der Waals surface area contributed by atoms with Gasteiger partial charge in [-0.3, -0.25) is 4.98 Å². The summed E-state index contributed by atoms with van der Waals surface area (Å²) in [5, 5.41) is 0. The zero-order valence-corrected chi connectivity index (χ0v) is 10.8. The second-order valence-electron chi connectivity index (χ2n) is 3.63. The molecular formula is C13H13NO3S. The molecule has 0 spiro atoms. The van der Waals surface area contributed by atoms with E-state index < -0.39 is 0 Å². The highest BCUT2D eigenvalue weighted by molar-refractivity contribution is 7.09. The van der Waals surface area contributed by atoms with Gasteiger partial charge in [-0.1, -0.05) is 18.2 Å². The Hall–Kier alpha value is -1.72. The standard InChI is InChI=1S/C13H13NO3S/c1-16-7-10-4-2-3-5-12(10)13(15)17-8-11-6-14-9-18-11/h2-6,9H,7-8H2,1H3. The van der Waals surface area contributed by atoms with E-state index in [4.69, 9.17) is 9.47 Å². The average molecular weight is 263 g/mol. The van der Waals surface area contributed by atoms with Gasteiger partial charge in [0.05, 0.1) is 22.6 Å². The number of ether oxygens (including phenoxy) is 2. The highest BCUT2D eigenvalue weighted by Gasteiger charge is 2.12. The molecule has 0 unspecified atom stereocenters. The molecule has 0 atom stereocenters. The van der Waals surface area contributed by atoms with Gasteiger partial charge in [0, 0.05) is 13.3 Å². The minimum atomic E-state index is -0.337. The second-order valence-corrected chi connectivity index (χ2v) is 4.60. The van der Waals surface area contributed by atoms with Crippen molar-refractivity contribution >= 4 is 17.3 Å². The van der Waals surface area contributed by atoms with Crippen molar-refractivity contribution in [3.63, 3.8) is 0 Å². The van der Waals surface area contributed by atoms with Crippen LogP contribution in [0.25, 0.3) is 0 Å². The van der Waals surface area contributed by atoms with Crippen LogP contribution in [0.15, 0.2) is 36.0 Å². The minimum Gasteiger partial charge on any atom is -0.456 e. The van der Waals surface area contributed by atoms with Crippen LogP contribution in [0.4, 0.5) is 0 Å². The molecule has 0 saturated carbocycles. The lowest BCUT2D eigenvalue weighted by Crippen LogP contribution is -2.08. The predicted octanol–water partition coefficient (Wildman–Crippen LogP) is 2.65. The number of esters is 1. The van der Waals surface area contributed by atoms with Gasteiger partial charge in [0.15, 0.2) is 0 Å². The fourth-order valence-corrected chi connectivity index (χ4v) is 2.03. The van der Waals surface area contributed by atoms with Gasteiger partial charge in [0.1, 0.15) is 6.61 Å². The zero-order chi connectivity index (χ0) is 12.8. The fourth-order valence-electron chi connectivity index (χ4n) is 1.53. The van der Waals surface area contributed by atoms with Gasteiger partial charge in [-0.25, -0.2) is 4.79 Å². The molecule has 18 heavy (non-hydrogen) atoms. The van der Waals surface area contributed by atoms with E-state index in [1.807, 2.05) is 18.2 Å². The molecule has 0 aliphatic heterocycles. The normalized spacial score (nSPS) is 10.3. The number of carbonyl (C=O) groups is 1. The minimum absolute atomic E-state index is 0.255. The summed E-state index contributed by atoms with van der Waals surface area (Å²) in [6, 6.07) is 7.27. The number of aromatic nitrogens is 1. The first-order chi connectivity index (χ1) is 8.81. The summed E-state index contributed by atoms with van der Waals surface area (Å²) in [4.78, 5) is 16.8. The number of hydrogen-bond acceptors (Lipinski definition) is 5. The van der Waals surface area contributed by atoms with Crippen molar-refractivity contribution in [3.05, 3.63) is 52.0 Å². The molecule has 0 amide bonds. The van der Waals surface area contributed by atoms with Gasteiger partial charge in [0.25, 0.3) is 0 Å². The van der Waals surface area contributed by atoms with Crippen LogP contribution < -0.4 is 0 Å². The summed E-state index contributed by atoms with van der Waals surface area (Å²) >= 11 is 1.46. The molecule has 0 bridgehead atoms. The summed E-state index contributed by atoms with van der Waals surface area (Å²) < 4.78 is 10.3. The highest BCUT2D eigenvalue weighted by atomic mass is 32.1. The van der Waals surface area contributed by atoms with Crippen LogP contribution in [-0.4, -0.2) is 18.1 Å². The predicted molar refractivity (Wildman–Crippen MR) is 68.4 cm³/mol. The Morgan fingerprint density at radius 1 is 1.33 bits per heavy atom. The number of carbonyl (C=O) groups excluding carboxylic acids is 1. The van der Waals surface area contributed by atoms with Crippen LogP contribution in [0, 0.1) is 0 Å². The van der Waals surface area contributed by atoms with E-state index in [1.165, 1.54) is 11.3 Å². The van der Waals surface area contributed by atoms with Crippen molar-refractivity contribution in [1.29, 1.82) is 0 Å². The summed E-state index contributed by atoms with van der Waals surface area (Å²) in [6.07, 6.45) is 1.69. The lowest BCUT2D eigenvalue weighted by molar-refractivity contribution is 0.0472. The number of methoxy groups -OCH3 is 1. The van der Waals surface area contributed by atoms with E-state index in [9.17, 15) is 4.79 Å².